The Hall–Kier alpha value is -2.11. The SMILES string of the molecule is CCc1cc(/C=C/c2ccccc2OCC(O)CNC(C)C)on1. The molecule has 0 aliphatic carbocycles. The highest BCUT2D eigenvalue weighted by molar-refractivity contribution is 5.70. The van der Waals surface area contributed by atoms with E-state index in [1.807, 2.05) is 63.3 Å². The van der Waals surface area contributed by atoms with Crippen LogP contribution < -0.4 is 10.1 Å². The first kappa shape index (κ1) is 18.2. The van der Waals surface area contributed by atoms with Gasteiger partial charge in [0.15, 0.2) is 5.76 Å². The Morgan fingerprint density at radius 1 is 1.29 bits per heavy atom. The summed E-state index contributed by atoms with van der Waals surface area (Å²) >= 11 is 0. The summed E-state index contributed by atoms with van der Waals surface area (Å²) in [5.41, 5.74) is 1.86. The third kappa shape index (κ3) is 5.83. The van der Waals surface area contributed by atoms with Crippen molar-refractivity contribution in [2.45, 2.75) is 39.3 Å². The fourth-order valence-corrected chi connectivity index (χ4v) is 2.11. The molecule has 1 aromatic heterocycles. The lowest BCUT2D eigenvalue weighted by Gasteiger charge is -2.16. The van der Waals surface area contributed by atoms with Crippen LogP contribution in [0.2, 0.25) is 0 Å². The number of ether oxygens (including phenoxy) is 1. The fraction of sp³-hybridized carbons (Fsp3) is 0.421. The molecule has 0 radical (unpaired) electrons. The number of aliphatic hydroxyl groups is 1. The van der Waals surface area contributed by atoms with Gasteiger partial charge in [-0.05, 0) is 24.6 Å². The standard InChI is InChI=1S/C19H26N2O3/c1-4-16-11-18(24-21-16)10-9-15-7-5-6-8-19(15)23-13-17(22)12-20-14(2)3/h5-11,14,17,20,22H,4,12-13H2,1-3H3/b10-9+. The van der Waals surface area contributed by atoms with E-state index in [0.29, 0.717) is 18.3 Å². The van der Waals surface area contributed by atoms with Crippen molar-refractivity contribution in [2.75, 3.05) is 13.2 Å². The van der Waals surface area contributed by atoms with Crippen LogP contribution in [0.15, 0.2) is 34.9 Å². The maximum absolute atomic E-state index is 9.96. The number of para-hydroxylation sites is 1. The maximum Gasteiger partial charge on any atom is 0.159 e. The average molecular weight is 330 g/mol. The Morgan fingerprint density at radius 3 is 2.79 bits per heavy atom. The van der Waals surface area contributed by atoms with Crippen LogP contribution in [0.1, 0.15) is 37.8 Å². The highest BCUT2D eigenvalue weighted by Gasteiger charge is 2.08. The normalized spacial score (nSPS) is 12.9. The summed E-state index contributed by atoms with van der Waals surface area (Å²) in [6.07, 6.45) is 4.09. The van der Waals surface area contributed by atoms with Gasteiger partial charge in [0.2, 0.25) is 0 Å². The maximum atomic E-state index is 9.96. The number of benzene rings is 1. The van der Waals surface area contributed by atoms with Crippen molar-refractivity contribution < 1.29 is 14.4 Å². The Balaban J connectivity index is 1.96. The van der Waals surface area contributed by atoms with Crippen LogP contribution in [0.25, 0.3) is 12.2 Å². The smallest absolute Gasteiger partial charge is 0.159 e. The average Bonchev–Trinajstić information content (AvgIpc) is 3.05. The molecule has 0 aliphatic rings. The molecule has 2 N–H and O–H groups in total. The van der Waals surface area contributed by atoms with Crippen molar-refractivity contribution >= 4 is 12.2 Å². The number of rotatable bonds is 9. The Kier molecular flexibility index (Phi) is 7.03. The molecule has 24 heavy (non-hydrogen) atoms. The largest absolute Gasteiger partial charge is 0.490 e. The topological polar surface area (TPSA) is 67.5 Å². The zero-order valence-electron chi connectivity index (χ0n) is 14.5. The third-order valence-electron chi connectivity index (χ3n) is 3.48. The molecule has 0 saturated heterocycles. The molecule has 1 aromatic carbocycles. The first-order valence-corrected chi connectivity index (χ1v) is 8.35. The molecule has 0 amide bonds. The highest BCUT2D eigenvalue weighted by Crippen LogP contribution is 2.21. The molecule has 1 heterocycles. The van der Waals surface area contributed by atoms with E-state index >= 15 is 0 Å². The summed E-state index contributed by atoms with van der Waals surface area (Å²) in [4.78, 5) is 0. The van der Waals surface area contributed by atoms with Crippen molar-refractivity contribution in [1.29, 1.82) is 0 Å². The number of hydrogen-bond acceptors (Lipinski definition) is 5. The molecule has 2 rings (SSSR count). The summed E-state index contributed by atoms with van der Waals surface area (Å²) in [5.74, 6) is 1.44. The second-order valence-corrected chi connectivity index (χ2v) is 5.97. The van der Waals surface area contributed by atoms with Gasteiger partial charge >= 0.3 is 0 Å². The quantitative estimate of drug-likeness (QED) is 0.739. The van der Waals surface area contributed by atoms with Crippen LogP contribution in [0.5, 0.6) is 5.75 Å². The van der Waals surface area contributed by atoms with Crippen LogP contribution in [0.4, 0.5) is 0 Å². The third-order valence-corrected chi connectivity index (χ3v) is 3.48. The predicted molar refractivity (Wildman–Crippen MR) is 95.9 cm³/mol. The van der Waals surface area contributed by atoms with Gasteiger partial charge < -0.3 is 19.7 Å². The minimum absolute atomic E-state index is 0.243. The van der Waals surface area contributed by atoms with Crippen LogP contribution >= 0.6 is 0 Å². The number of hydrogen-bond donors (Lipinski definition) is 2. The monoisotopic (exact) mass is 330 g/mol. The van der Waals surface area contributed by atoms with Crippen LogP contribution in [-0.2, 0) is 6.42 Å². The number of nitrogens with zero attached hydrogens (tertiary/aromatic N) is 1. The first-order valence-electron chi connectivity index (χ1n) is 8.35. The minimum Gasteiger partial charge on any atom is -0.490 e. The van der Waals surface area contributed by atoms with Gasteiger partial charge in [-0.25, -0.2) is 0 Å². The Labute approximate surface area is 143 Å². The minimum atomic E-state index is -0.550. The summed E-state index contributed by atoms with van der Waals surface area (Å²) in [5, 5.41) is 17.1. The van der Waals surface area contributed by atoms with Crippen molar-refractivity contribution in [1.82, 2.24) is 10.5 Å². The highest BCUT2D eigenvalue weighted by atomic mass is 16.5. The van der Waals surface area contributed by atoms with Gasteiger partial charge in [-0.2, -0.15) is 0 Å². The van der Waals surface area contributed by atoms with Crippen molar-refractivity contribution in [3.63, 3.8) is 0 Å². The predicted octanol–water partition coefficient (Wildman–Crippen LogP) is 3.15. The molecule has 1 atom stereocenters. The molecular formula is C19H26N2O3. The van der Waals surface area contributed by atoms with Gasteiger partial charge in [-0.1, -0.05) is 44.1 Å². The van der Waals surface area contributed by atoms with E-state index in [1.54, 1.807) is 0 Å². The van der Waals surface area contributed by atoms with Crippen LogP contribution in [-0.4, -0.2) is 35.6 Å². The molecule has 5 nitrogen and oxygen atoms in total. The van der Waals surface area contributed by atoms with Gasteiger partial charge in [0.1, 0.15) is 18.5 Å². The summed E-state index contributed by atoms with van der Waals surface area (Å²) < 4.78 is 11.0. The van der Waals surface area contributed by atoms with E-state index in [4.69, 9.17) is 9.26 Å². The summed E-state index contributed by atoms with van der Waals surface area (Å²) in [7, 11) is 0. The first-order chi connectivity index (χ1) is 11.6. The van der Waals surface area contributed by atoms with E-state index in [1.165, 1.54) is 0 Å². The molecule has 0 bridgehead atoms. The number of aromatic nitrogens is 1. The lowest BCUT2D eigenvalue weighted by molar-refractivity contribution is 0.104. The van der Waals surface area contributed by atoms with Gasteiger partial charge in [-0.3, -0.25) is 0 Å². The van der Waals surface area contributed by atoms with Crippen LogP contribution in [0, 0.1) is 0 Å². The number of aliphatic hydroxyl groups excluding tert-OH is 1. The molecule has 0 saturated carbocycles. The lowest BCUT2D eigenvalue weighted by atomic mass is 10.1. The van der Waals surface area contributed by atoms with Gasteiger partial charge in [0.05, 0.1) is 5.69 Å². The molecule has 0 spiro atoms. The summed E-state index contributed by atoms with van der Waals surface area (Å²) in [6.45, 7) is 6.87. The van der Waals surface area contributed by atoms with Crippen molar-refractivity contribution in [3.05, 3.63) is 47.3 Å². The summed E-state index contributed by atoms with van der Waals surface area (Å²) in [6, 6.07) is 9.96. The van der Waals surface area contributed by atoms with E-state index in [0.717, 1.165) is 23.4 Å². The number of aryl methyl sites for hydroxylation is 1. The number of nitrogens with one attached hydrogen (secondary N) is 1. The zero-order valence-corrected chi connectivity index (χ0v) is 14.5. The molecule has 0 aliphatic heterocycles. The van der Waals surface area contributed by atoms with Gasteiger partial charge in [0, 0.05) is 24.2 Å². The molecule has 5 heteroatoms. The second kappa shape index (κ2) is 9.25. The lowest BCUT2D eigenvalue weighted by Crippen LogP contribution is -2.35. The van der Waals surface area contributed by atoms with E-state index in [9.17, 15) is 5.11 Å². The fourth-order valence-electron chi connectivity index (χ4n) is 2.11. The molecule has 1 unspecified atom stereocenters. The van der Waals surface area contributed by atoms with E-state index in [-0.39, 0.29) is 6.61 Å². The van der Waals surface area contributed by atoms with Crippen molar-refractivity contribution in [2.24, 2.45) is 0 Å². The molecule has 0 fully saturated rings. The Morgan fingerprint density at radius 2 is 2.08 bits per heavy atom. The van der Waals surface area contributed by atoms with E-state index in [2.05, 4.69) is 10.5 Å². The second-order valence-electron chi connectivity index (χ2n) is 5.97. The zero-order chi connectivity index (χ0) is 17.4. The van der Waals surface area contributed by atoms with E-state index < -0.39 is 6.10 Å². The molecule has 2 aromatic rings. The molecule has 130 valence electrons. The van der Waals surface area contributed by atoms with Crippen molar-refractivity contribution in [3.8, 4) is 5.75 Å². The van der Waals surface area contributed by atoms with Gasteiger partial charge in [-0.15, -0.1) is 0 Å². The Bertz CT molecular complexity index is 650. The molecular weight excluding hydrogens is 304 g/mol. The van der Waals surface area contributed by atoms with Gasteiger partial charge in [0.25, 0.3) is 0 Å². The van der Waals surface area contributed by atoms with Crippen LogP contribution in [0.3, 0.4) is 0 Å².